The van der Waals surface area contributed by atoms with Gasteiger partial charge in [-0.25, -0.2) is 19.2 Å². The van der Waals surface area contributed by atoms with E-state index in [0.29, 0.717) is 5.56 Å². The van der Waals surface area contributed by atoms with Gasteiger partial charge in [0.15, 0.2) is 11.5 Å². The maximum Gasteiger partial charge on any atom is 0.357 e. The molecule has 0 aliphatic heterocycles. The number of halogens is 1. The third-order valence-corrected chi connectivity index (χ3v) is 2.39. The number of aromatic nitrogens is 2. The summed E-state index contributed by atoms with van der Waals surface area (Å²) in [4.78, 5) is 18.0. The Labute approximate surface area is 96.8 Å². The zero-order valence-electron chi connectivity index (χ0n) is 9.01. The highest BCUT2D eigenvalue weighted by Crippen LogP contribution is 2.24. The normalized spacial score (nSPS) is 10.2. The third kappa shape index (κ3) is 1.99. The van der Waals surface area contributed by atoms with Crippen LogP contribution >= 0.6 is 0 Å². The quantitative estimate of drug-likeness (QED) is 0.862. The summed E-state index contributed by atoms with van der Waals surface area (Å²) in [5, 5.41) is 8.78. The summed E-state index contributed by atoms with van der Waals surface area (Å²) in [7, 11) is 0. The molecule has 0 fully saturated rings. The van der Waals surface area contributed by atoms with Crippen molar-refractivity contribution in [3.05, 3.63) is 47.7 Å². The summed E-state index contributed by atoms with van der Waals surface area (Å²) < 4.78 is 13.9. The van der Waals surface area contributed by atoms with Crippen LogP contribution in [0.25, 0.3) is 11.3 Å². The molecule has 1 aromatic heterocycles. The Balaban J connectivity index is 2.65. The number of nitrogens with zero attached hydrogens (tertiary/aromatic N) is 2. The molecule has 17 heavy (non-hydrogen) atoms. The fraction of sp³-hybridized carbons (Fsp3) is 0.0833. The molecule has 0 aliphatic rings. The first kappa shape index (κ1) is 11.2. The molecule has 0 saturated carbocycles. The highest BCUT2D eigenvalue weighted by molar-refractivity contribution is 5.87. The minimum absolute atomic E-state index is 0.00972. The number of benzene rings is 1. The van der Waals surface area contributed by atoms with Gasteiger partial charge in [0.2, 0.25) is 0 Å². The lowest BCUT2D eigenvalue weighted by Gasteiger charge is -2.06. The van der Waals surface area contributed by atoms with Gasteiger partial charge < -0.3 is 5.11 Å². The molecule has 0 atom stereocenters. The monoisotopic (exact) mass is 232 g/mol. The van der Waals surface area contributed by atoms with Gasteiger partial charge in [-0.05, 0) is 12.5 Å². The van der Waals surface area contributed by atoms with Crippen molar-refractivity contribution in [1.82, 2.24) is 9.97 Å². The van der Waals surface area contributed by atoms with Crippen LogP contribution in [0.3, 0.4) is 0 Å². The Morgan fingerprint density at radius 1 is 1.29 bits per heavy atom. The number of aryl methyl sites for hydroxylation is 1. The number of hydrogen-bond acceptors (Lipinski definition) is 3. The Bertz CT molecular complexity index is 584. The minimum atomic E-state index is -1.40. The van der Waals surface area contributed by atoms with Gasteiger partial charge in [0.05, 0.1) is 0 Å². The summed E-state index contributed by atoms with van der Waals surface area (Å²) in [6.07, 6.45) is 1.05. The molecule has 2 aromatic rings. The molecule has 0 saturated heterocycles. The van der Waals surface area contributed by atoms with E-state index in [4.69, 9.17) is 5.11 Å². The average molecular weight is 232 g/mol. The molecule has 0 bridgehead atoms. The van der Waals surface area contributed by atoms with E-state index in [-0.39, 0.29) is 5.69 Å². The van der Waals surface area contributed by atoms with E-state index in [1.165, 1.54) is 0 Å². The van der Waals surface area contributed by atoms with Gasteiger partial charge >= 0.3 is 5.97 Å². The molecule has 2 rings (SSSR count). The SMILES string of the molecule is Cc1ccccc1-c1ncnc(C(=O)O)c1F. The molecular weight excluding hydrogens is 223 g/mol. The second kappa shape index (κ2) is 4.29. The fourth-order valence-corrected chi connectivity index (χ4v) is 1.55. The number of carboxylic acids is 1. The fourth-order valence-electron chi connectivity index (χ4n) is 1.55. The van der Waals surface area contributed by atoms with Crippen molar-refractivity contribution in [2.75, 3.05) is 0 Å². The van der Waals surface area contributed by atoms with Crippen molar-refractivity contribution in [2.24, 2.45) is 0 Å². The molecule has 5 heteroatoms. The number of hydrogen-bond donors (Lipinski definition) is 1. The molecule has 0 unspecified atom stereocenters. The van der Waals surface area contributed by atoms with E-state index < -0.39 is 17.5 Å². The van der Waals surface area contributed by atoms with E-state index in [1.807, 2.05) is 6.07 Å². The standard InChI is InChI=1S/C12H9FN2O2/c1-7-4-2-3-5-8(7)10-9(13)11(12(16)17)15-6-14-10/h2-6H,1H3,(H,16,17). The van der Waals surface area contributed by atoms with Gasteiger partial charge in [-0.3, -0.25) is 0 Å². The van der Waals surface area contributed by atoms with E-state index in [0.717, 1.165) is 11.9 Å². The van der Waals surface area contributed by atoms with Crippen molar-refractivity contribution >= 4 is 5.97 Å². The van der Waals surface area contributed by atoms with Gasteiger partial charge in [0.1, 0.15) is 12.0 Å². The maximum absolute atomic E-state index is 13.9. The van der Waals surface area contributed by atoms with E-state index in [9.17, 15) is 9.18 Å². The maximum atomic E-state index is 13.9. The van der Waals surface area contributed by atoms with Gasteiger partial charge in [-0.2, -0.15) is 0 Å². The molecule has 0 spiro atoms. The summed E-state index contributed by atoms with van der Waals surface area (Å²) >= 11 is 0. The van der Waals surface area contributed by atoms with Crippen LogP contribution in [0, 0.1) is 12.7 Å². The summed E-state index contributed by atoms with van der Waals surface area (Å²) in [6, 6.07) is 7.05. The van der Waals surface area contributed by atoms with Crippen molar-refractivity contribution in [1.29, 1.82) is 0 Å². The van der Waals surface area contributed by atoms with Crippen LogP contribution < -0.4 is 0 Å². The van der Waals surface area contributed by atoms with Gasteiger partial charge in [0.25, 0.3) is 0 Å². The van der Waals surface area contributed by atoms with E-state index in [1.54, 1.807) is 25.1 Å². The van der Waals surface area contributed by atoms with Crippen LogP contribution in [0.5, 0.6) is 0 Å². The average Bonchev–Trinajstić information content (AvgIpc) is 2.30. The van der Waals surface area contributed by atoms with E-state index >= 15 is 0 Å². The van der Waals surface area contributed by atoms with Crippen LogP contribution in [-0.2, 0) is 0 Å². The van der Waals surface area contributed by atoms with Crippen LogP contribution in [0.2, 0.25) is 0 Å². The van der Waals surface area contributed by atoms with Gasteiger partial charge in [0, 0.05) is 5.56 Å². The van der Waals surface area contributed by atoms with Crippen LogP contribution in [0.15, 0.2) is 30.6 Å². The predicted molar refractivity (Wildman–Crippen MR) is 59.1 cm³/mol. The van der Waals surface area contributed by atoms with Crippen molar-refractivity contribution < 1.29 is 14.3 Å². The minimum Gasteiger partial charge on any atom is -0.476 e. The number of rotatable bonds is 2. The second-order valence-corrected chi connectivity index (χ2v) is 3.50. The Hall–Kier alpha value is -2.30. The highest BCUT2D eigenvalue weighted by Gasteiger charge is 2.18. The Kier molecular flexibility index (Phi) is 2.82. The molecule has 0 radical (unpaired) electrons. The smallest absolute Gasteiger partial charge is 0.357 e. The summed E-state index contributed by atoms with van der Waals surface area (Å²) in [5.41, 5.74) is 0.782. The molecule has 1 aromatic carbocycles. The summed E-state index contributed by atoms with van der Waals surface area (Å²) in [6.45, 7) is 1.80. The lowest BCUT2D eigenvalue weighted by Crippen LogP contribution is -2.07. The van der Waals surface area contributed by atoms with Crippen LogP contribution in [-0.4, -0.2) is 21.0 Å². The van der Waals surface area contributed by atoms with Crippen LogP contribution in [0.1, 0.15) is 16.1 Å². The first-order valence-corrected chi connectivity index (χ1v) is 4.91. The molecule has 0 aliphatic carbocycles. The van der Waals surface area contributed by atoms with Gasteiger partial charge in [-0.15, -0.1) is 0 Å². The van der Waals surface area contributed by atoms with Gasteiger partial charge in [-0.1, -0.05) is 24.3 Å². The highest BCUT2D eigenvalue weighted by atomic mass is 19.1. The van der Waals surface area contributed by atoms with Crippen molar-refractivity contribution in [2.45, 2.75) is 6.92 Å². The van der Waals surface area contributed by atoms with Crippen molar-refractivity contribution in [3.63, 3.8) is 0 Å². The first-order valence-electron chi connectivity index (χ1n) is 4.91. The number of carboxylic acid groups (broad SMARTS) is 1. The lowest BCUT2D eigenvalue weighted by atomic mass is 10.0. The molecule has 86 valence electrons. The van der Waals surface area contributed by atoms with Crippen molar-refractivity contribution in [3.8, 4) is 11.3 Å². The second-order valence-electron chi connectivity index (χ2n) is 3.50. The molecule has 4 nitrogen and oxygen atoms in total. The van der Waals surface area contributed by atoms with E-state index in [2.05, 4.69) is 9.97 Å². The zero-order valence-corrected chi connectivity index (χ0v) is 9.01. The zero-order chi connectivity index (χ0) is 12.4. The Morgan fingerprint density at radius 3 is 2.65 bits per heavy atom. The first-order chi connectivity index (χ1) is 8.11. The third-order valence-electron chi connectivity index (χ3n) is 2.39. The Morgan fingerprint density at radius 2 is 2.00 bits per heavy atom. The molecule has 1 N–H and O–H groups in total. The number of aromatic carboxylic acids is 1. The number of carbonyl (C=O) groups is 1. The molecule has 1 heterocycles. The summed E-state index contributed by atoms with van der Waals surface area (Å²) in [5.74, 6) is -2.31. The lowest BCUT2D eigenvalue weighted by molar-refractivity contribution is 0.0684. The molecule has 0 amide bonds. The van der Waals surface area contributed by atoms with Crippen LogP contribution in [0.4, 0.5) is 4.39 Å². The predicted octanol–water partition coefficient (Wildman–Crippen LogP) is 2.29. The largest absolute Gasteiger partial charge is 0.476 e. The topological polar surface area (TPSA) is 63.1 Å². The molecular formula is C12H9FN2O2.